The van der Waals surface area contributed by atoms with Gasteiger partial charge in [-0.15, -0.1) is 0 Å². The molecule has 1 aliphatic rings. The van der Waals surface area contributed by atoms with E-state index in [1.807, 2.05) is 0 Å². The van der Waals surface area contributed by atoms with E-state index >= 15 is 0 Å². The molecular formula is C46H68N2. The van der Waals surface area contributed by atoms with Gasteiger partial charge in [-0.2, -0.15) is 0 Å². The Kier molecular flexibility index (Phi) is 19.9. The summed E-state index contributed by atoms with van der Waals surface area (Å²) in [5.41, 5.74) is 21.0. The minimum Gasteiger partial charge on any atom is -0.493 e. The van der Waals surface area contributed by atoms with E-state index in [0.29, 0.717) is 0 Å². The predicted octanol–water partition coefficient (Wildman–Crippen LogP) is 14.9. The van der Waals surface area contributed by atoms with Gasteiger partial charge in [0.15, 0.2) is 0 Å². The summed E-state index contributed by atoms with van der Waals surface area (Å²) in [5.74, 6) is 0. The van der Waals surface area contributed by atoms with Crippen LogP contribution in [0.1, 0.15) is 178 Å². The lowest BCUT2D eigenvalue weighted by Gasteiger charge is -2.11. The van der Waals surface area contributed by atoms with Crippen LogP contribution in [0.5, 0.6) is 0 Å². The molecule has 0 saturated heterocycles. The van der Waals surface area contributed by atoms with Crippen LogP contribution in [-0.4, -0.2) is 4.70 Å². The Labute approximate surface area is 296 Å². The molecule has 1 heterocycles. The summed E-state index contributed by atoms with van der Waals surface area (Å²) in [6.07, 6.45) is 36.9. The maximum atomic E-state index is 12.1. The van der Waals surface area contributed by atoms with Gasteiger partial charge in [0.25, 0.3) is 0 Å². The first kappa shape index (κ1) is 39.4. The number of benzene rings is 2. The van der Waals surface area contributed by atoms with Gasteiger partial charge in [0.2, 0.25) is 11.4 Å². The summed E-state index contributed by atoms with van der Waals surface area (Å²) in [5, 5.41) is 0. The molecule has 262 valence electrons. The fourth-order valence-electron chi connectivity index (χ4n) is 6.79. The number of hydrogen-bond acceptors (Lipinski definition) is 0. The Morgan fingerprint density at radius 3 is 1.46 bits per heavy atom. The van der Waals surface area contributed by atoms with Crippen molar-refractivity contribution in [1.82, 2.24) is 0 Å². The largest absolute Gasteiger partial charge is 0.493 e. The van der Waals surface area contributed by atoms with E-state index in [0.717, 1.165) is 59.4 Å². The number of unbranched alkanes of at least 4 members (excludes halogenated alkanes) is 16. The fraction of sp³-hybridized carbons (Fsp3) is 0.565. The molecule has 0 bridgehead atoms. The van der Waals surface area contributed by atoms with Crippen molar-refractivity contribution in [1.29, 1.82) is 0 Å². The van der Waals surface area contributed by atoms with Gasteiger partial charge >= 0.3 is 0 Å². The van der Waals surface area contributed by atoms with Crippen molar-refractivity contribution in [3.63, 3.8) is 0 Å². The Morgan fingerprint density at radius 2 is 0.938 bits per heavy atom. The first-order valence-corrected chi connectivity index (χ1v) is 20.1. The molecule has 1 aliphatic heterocycles. The Morgan fingerprint density at radius 1 is 0.479 bits per heavy atom. The van der Waals surface area contributed by atoms with Crippen molar-refractivity contribution < 1.29 is 4.70 Å². The molecule has 0 unspecified atom stereocenters. The molecule has 0 fully saturated rings. The number of aryl methyl sites for hydroxylation is 2. The molecule has 0 amide bonds. The molecule has 0 aromatic heterocycles. The van der Waals surface area contributed by atoms with Crippen molar-refractivity contribution in [3.05, 3.63) is 112 Å². The van der Waals surface area contributed by atoms with E-state index in [4.69, 9.17) is 0 Å². The summed E-state index contributed by atoms with van der Waals surface area (Å²) < 4.78 is 1.50. The van der Waals surface area contributed by atoms with E-state index < -0.39 is 0 Å². The molecule has 3 rings (SSSR count). The number of allylic oxidation sites excluding steroid dienone is 6. The monoisotopic (exact) mass is 649 g/mol. The van der Waals surface area contributed by atoms with Gasteiger partial charge in [0, 0.05) is 11.1 Å². The third-order valence-electron chi connectivity index (χ3n) is 9.81. The lowest BCUT2D eigenvalue weighted by molar-refractivity contribution is -0.344. The molecule has 0 radical (unpaired) electrons. The van der Waals surface area contributed by atoms with Gasteiger partial charge in [0.1, 0.15) is 0 Å². The molecule has 0 saturated carbocycles. The molecule has 48 heavy (non-hydrogen) atoms. The van der Waals surface area contributed by atoms with Crippen LogP contribution >= 0.6 is 0 Å². The van der Waals surface area contributed by atoms with Crippen molar-refractivity contribution in [3.8, 4) is 0 Å². The van der Waals surface area contributed by atoms with E-state index in [-0.39, 0.29) is 0 Å². The Balaban J connectivity index is 1.91. The quantitative estimate of drug-likeness (QED) is 0.0716. The first-order chi connectivity index (χ1) is 23.6. The lowest BCUT2D eigenvalue weighted by Crippen LogP contribution is -2.03. The fourth-order valence-corrected chi connectivity index (χ4v) is 6.79. The summed E-state index contributed by atoms with van der Waals surface area (Å²) in [4.78, 5) is 0. The van der Waals surface area contributed by atoms with Crippen LogP contribution in [0.25, 0.3) is 16.9 Å². The van der Waals surface area contributed by atoms with Crippen LogP contribution in [0.4, 0.5) is 0 Å². The third kappa shape index (κ3) is 13.5. The second-order valence-corrected chi connectivity index (χ2v) is 14.1. The maximum absolute atomic E-state index is 12.1. The highest BCUT2D eigenvalue weighted by Crippen LogP contribution is 2.42. The number of hydrogen-bond donors (Lipinski definition) is 0. The molecule has 0 aliphatic carbocycles. The first-order valence-electron chi connectivity index (χ1n) is 20.1. The van der Waals surface area contributed by atoms with Crippen molar-refractivity contribution >= 4 is 11.4 Å². The van der Waals surface area contributed by atoms with Crippen LogP contribution in [0.15, 0.2) is 84.0 Å². The molecule has 2 nitrogen and oxygen atoms in total. The zero-order valence-corrected chi connectivity index (χ0v) is 31.4. The zero-order valence-electron chi connectivity index (χ0n) is 31.4. The SMILES string of the molecule is CCCCCCCC=CC1=C(c2ccc(CCCC)cc2)[N+](=[N-])C(c2cccc(CCCC)c2)=C1C=CCCCCCCCCCCC. The molecule has 0 atom stereocenters. The second kappa shape index (κ2) is 24.2. The summed E-state index contributed by atoms with van der Waals surface area (Å²) in [6, 6.07) is 17.8. The molecule has 0 spiro atoms. The predicted molar refractivity (Wildman–Crippen MR) is 211 cm³/mol. The summed E-state index contributed by atoms with van der Waals surface area (Å²) in [7, 11) is 0. The molecule has 2 aromatic carbocycles. The van der Waals surface area contributed by atoms with Gasteiger partial charge < -0.3 is 5.53 Å². The highest BCUT2D eigenvalue weighted by atomic mass is 15.2. The van der Waals surface area contributed by atoms with Gasteiger partial charge in [-0.05, 0) is 86.8 Å². The van der Waals surface area contributed by atoms with Crippen LogP contribution < -0.4 is 0 Å². The number of rotatable bonds is 26. The minimum absolute atomic E-state index is 0.899. The second-order valence-electron chi connectivity index (χ2n) is 14.1. The van der Waals surface area contributed by atoms with Gasteiger partial charge in [-0.1, -0.05) is 166 Å². The summed E-state index contributed by atoms with van der Waals surface area (Å²) >= 11 is 0. The maximum Gasteiger partial charge on any atom is 0.215 e. The molecule has 2 aromatic rings. The minimum atomic E-state index is 0.899. The van der Waals surface area contributed by atoms with E-state index in [1.54, 1.807) is 0 Å². The number of nitrogens with zero attached hydrogens (tertiary/aromatic N) is 2. The van der Waals surface area contributed by atoms with Crippen LogP contribution in [0.2, 0.25) is 0 Å². The molecule has 0 N–H and O–H groups in total. The lowest BCUT2D eigenvalue weighted by atomic mass is 9.96. The normalized spacial score (nSPS) is 13.7. The summed E-state index contributed by atoms with van der Waals surface area (Å²) in [6.45, 7) is 9.07. The Hall–Kier alpha value is -3.00. The average molecular weight is 649 g/mol. The van der Waals surface area contributed by atoms with E-state index in [1.165, 1.54) is 131 Å². The van der Waals surface area contributed by atoms with Gasteiger partial charge in [-0.25, -0.2) is 4.70 Å². The van der Waals surface area contributed by atoms with E-state index in [9.17, 15) is 5.53 Å². The van der Waals surface area contributed by atoms with Gasteiger partial charge in [-0.3, -0.25) is 0 Å². The van der Waals surface area contributed by atoms with Gasteiger partial charge in [0.05, 0.1) is 11.1 Å². The van der Waals surface area contributed by atoms with Crippen LogP contribution in [0, 0.1) is 0 Å². The highest BCUT2D eigenvalue weighted by molar-refractivity contribution is 5.86. The standard InChI is InChI=1S/C46H68N2/c1-5-9-13-15-17-18-19-20-22-24-26-33-44-43(32-25-23-21-16-14-10-6-2)45(41-36-34-39(35-37-41)28-11-7-3)48(47)46(44)42-31-27-30-40(38-42)29-12-8-4/h25-27,30-38H,5-24,28-29H2,1-4H3. The Bertz CT molecular complexity index is 1320. The smallest absolute Gasteiger partial charge is 0.215 e. The van der Waals surface area contributed by atoms with Crippen molar-refractivity contribution in [2.45, 2.75) is 169 Å². The molecule has 2 heteroatoms. The van der Waals surface area contributed by atoms with Crippen LogP contribution in [0.3, 0.4) is 0 Å². The highest BCUT2D eigenvalue weighted by Gasteiger charge is 2.33. The average Bonchev–Trinajstić information content (AvgIpc) is 3.38. The third-order valence-corrected chi connectivity index (χ3v) is 9.81. The molecular weight excluding hydrogens is 581 g/mol. The van der Waals surface area contributed by atoms with Crippen molar-refractivity contribution in [2.24, 2.45) is 0 Å². The zero-order chi connectivity index (χ0) is 34.2. The van der Waals surface area contributed by atoms with Crippen LogP contribution in [-0.2, 0) is 12.8 Å². The van der Waals surface area contributed by atoms with Crippen molar-refractivity contribution in [2.75, 3.05) is 0 Å². The topological polar surface area (TPSA) is 25.3 Å². The van der Waals surface area contributed by atoms with E-state index in [2.05, 4.69) is 101 Å².